The molecule has 0 fully saturated rings. The molecule has 1 atom stereocenters. The van der Waals surface area contributed by atoms with Crippen LogP contribution in [0.4, 0.5) is 0 Å². The topological polar surface area (TPSA) is 23.5 Å². The lowest BCUT2D eigenvalue weighted by atomic mass is 10.2. The number of rotatable bonds is 8. The maximum absolute atomic E-state index is 9.33. The second-order valence-corrected chi connectivity index (χ2v) is 6.75. The summed E-state index contributed by atoms with van der Waals surface area (Å²) in [6.45, 7) is 6.15. The fourth-order valence-corrected chi connectivity index (χ4v) is 3.33. The van der Waals surface area contributed by atoms with Crippen molar-refractivity contribution < 1.29 is 5.11 Å². The molecule has 22 heavy (non-hydrogen) atoms. The van der Waals surface area contributed by atoms with Crippen molar-refractivity contribution in [3.63, 3.8) is 0 Å². The number of nitrogens with zero attached hydrogens (tertiary/aromatic N) is 1. The Bertz CT molecular complexity index is 541. The molecular formula is C19H25NOS. The van der Waals surface area contributed by atoms with Crippen molar-refractivity contribution in [2.75, 3.05) is 18.9 Å². The molecule has 2 aromatic rings. The summed E-state index contributed by atoms with van der Waals surface area (Å²) < 4.78 is 0. The molecule has 0 heterocycles. The first-order valence-electron chi connectivity index (χ1n) is 7.77. The summed E-state index contributed by atoms with van der Waals surface area (Å²) in [7, 11) is 0. The predicted molar refractivity (Wildman–Crippen MR) is 95.3 cm³/mol. The standard InChI is InChI=1S/C19H25NOS/c1-16-8-10-19(11-9-16)22-15-17(2)20(12-13-21)14-18-6-4-3-5-7-18/h3-11,17,21H,12-15H2,1-2H3/t17-/m0/s1. The van der Waals surface area contributed by atoms with Crippen LogP contribution in [0.2, 0.25) is 0 Å². The van der Waals surface area contributed by atoms with Gasteiger partial charge in [-0.25, -0.2) is 0 Å². The summed E-state index contributed by atoms with van der Waals surface area (Å²) in [5.41, 5.74) is 2.59. The third kappa shape index (κ3) is 5.48. The first-order valence-corrected chi connectivity index (χ1v) is 8.76. The highest BCUT2D eigenvalue weighted by Gasteiger charge is 2.14. The fraction of sp³-hybridized carbons (Fsp3) is 0.368. The number of aliphatic hydroxyl groups is 1. The molecule has 0 aliphatic rings. The summed E-state index contributed by atoms with van der Waals surface area (Å²) in [4.78, 5) is 3.65. The third-order valence-corrected chi connectivity index (χ3v) is 5.01. The molecule has 2 nitrogen and oxygen atoms in total. The van der Waals surface area contributed by atoms with E-state index < -0.39 is 0 Å². The van der Waals surface area contributed by atoms with E-state index in [2.05, 4.69) is 67.3 Å². The van der Waals surface area contributed by atoms with Gasteiger partial charge in [-0.2, -0.15) is 0 Å². The van der Waals surface area contributed by atoms with Crippen LogP contribution in [0.15, 0.2) is 59.5 Å². The molecule has 0 aromatic heterocycles. The van der Waals surface area contributed by atoms with Gasteiger partial charge in [0, 0.05) is 29.8 Å². The molecule has 3 heteroatoms. The van der Waals surface area contributed by atoms with E-state index in [1.54, 1.807) is 0 Å². The van der Waals surface area contributed by atoms with Gasteiger partial charge in [0.2, 0.25) is 0 Å². The first-order chi connectivity index (χ1) is 10.7. The van der Waals surface area contributed by atoms with E-state index in [1.165, 1.54) is 16.0 Å². The minimum atomic E-state index is 0.201. The van der Waals surface area contributed by atoms with Crippen LogP contribution in [0.1, 0.15) is 18.1 Å². The van der Waals surface area contributed by atoms with Gasteiger partial charge in [-0.3, -0.25) is 4.90 Å². The lowest BCUT2D eigenvalue weighted by Crippen LogP contribution is -2.36. The minimum Gasteiger partial charge on any atom is -0.395 e. The maximum atomic E-state index is 9.33. The molecule has 0 aliphatic heterocycles. The zero-order valence-electron chi connectivity index (χ0n) is 13.4. The molecule has 0 aliphatic carbocycles. The largest absolute Gasteiger partial charge is 0.395 e. The number of hydrogen-bond acceptors (Lipinski definition) is 3. The smallest absolute Gasteiger partial charge is 0.0558 e. The Morgan fingerprint density at radius 3 is 2.36 bits per heavy atom. The van der Waals surface area contributed by atoms with Crippen LogP contribution in [0.25, 0.3) is 0 Å². The van der Waals surface area contributed by atoms with Crippen molar-refractivity contribution in [1.29, 1.82) is 0 Å². The maximum Gasteiger partial charge on any atom is 0.0558 e. The average molecular weight is 315 g/mol. The van der Waals surface area contributed by atoms with E-state index in [-0.39, 0.29) is 6.61 Å². The monoisotopic (exact) mass is 315 g/mol. The molecule has 0 saturated carbocycles. The molecule has 0 spiro atoms. The number of thioether (sulfide) groups is 1. The number of aliphatic hydroxyl groups excluding tert-OH is 1. The van der Waals surface area contributed by atoms with E-state index in [1.807, 2.05) is 17.8 Å². The lowest BCUT2D eigenvalue weighted by molar-refractivity contribution is 0.161. The van der Waals surface area contributed by atoms with Gasteiger partial charge in [0.05, 0.1) is 6.61 Å². The van der Waals surface area contributed by atoms with Gasteiger partial charge in [0.1, 0.15) is 0 Å². The van der Waals surface area contributed by atoms with Gasteiger partial charge < -0.3 is 5.11 Å². The van der Waals surface area contributed by atoms with Crippen molar-refractivity contribution in [2.45, 2.75) is 31.3 Å². The lowest BCUT2D eigenvalue weighted by Gasteiger charge is -2.28. The number of benzene rings is 2. The molecule has 0 bridgehead atoms. The van der Waals surface area contributed by atoms with Crippen LogP contribution in [-0.2, 0) is 6.54 Å². The van der Waals surface area contributed by atoms with E-state index in [0.717, 1.165) is 12.3 Å². The van der Waals surface area contributed by atoms with Crippen molar-refractivity contribution in [1.82, 2.24) is 4.90 Å². The Balaban J connectivity index is 1.91. The molecule has 0 amide bonds. The molecule has 2 aromatic carbocycles. The second kappa shape index (κ2) is 8.99. The SMILES string of the molecule is Cc1ccc(SC[C@H](C)N(CCO)Cc2ccccc2)cc1. The molecular weight excluding hydrogens is 290 g/mol. The Labute approximate surface area is 138 Å². The third-order valence-electron chi connectivity index (χ3n) is 3.75. The van der Waals surface area contributed by atoms with E-state index in [9.17, 15) is 5.11 Å². The van der Waals surface area contributed by atoms with Crippen LogP contribution in [0.5, 0.6) is 0 Å². The molecule has 118 valence electrons. The van der Waals surface area contributed by atoms with Crippen molar-refractivity contribution in [3.05, 3.63) is 65.7 Å². The normalized spacial score (nSPS) is 12.5. The van der Waals surface area contributed by atoms with Crippen LogP contribution in [0.3, 0.4) is 0 Å². The van der Waals surface area contributed by atoms with Gasteiger partial charge in [-0.1, -0.05) is 48.0 Å². The Morgan fingerprint density at radius 1 is 1.05 bits per heavy atom. The first kappa shape index (κ1) is 17.1. The Morgan fingerprint density at radius 2 is 1.73 bits per heavy atom. The van der Waals surface area contributed by atoms with Gasteiger partial charge in [0.25, 0.3) is 0 Å². The molecule has 0 saturated heterocycles. The van der Waals surface area contributed by atoms with Crippen LogP contribution in [-0.4, -0.2) is 35.0 Å². The summed E-state index contributed by atoms with van der Waals surface area (Å²) in [5, 5.41) is 9.33. The van der Waals surface area contributed by atoms with Crippen LogP contribution < -0.4 is 0 Å². The second-order valence-electron chi connectivity index (χ2n) is 5.65. The van der Waals surface area contributed by atoms with Gasteiger partial charge in [0.15, 0.2) is 0 Å². The van der Waals surface area contributed by atoms with Crippen LogP contribution in [0, 0.1) is 6.92 Å². The number of hydrogen-bond donors (Lipinski definition) is 1. The molecule has 0 radical (unpaired) electrons. The Hall–Kier alpha value is -1.29. The van der Waals surface area contributed by atoms with Gasteiger partial charge in [-0.05, 0) is 31.5 Å². The molecule has 1 N–H and O–H groups in total. The molecule has 0 unspecified atom stereocenters. The van der Waals surface area contributed by atoms with Crippen molar-refractivity contribution in [2.24, 2.45) is 0 Å². The van der Waals surface area contributed by atoms with Crippen LogP contribution >= 0.6 is 11.8 Å². The van der Waals surface area contributed by atoms with Crippen molar-refractivity contribution in [3.8, 4) is 0 Å². The van der Waals surface area contributed by atoms with E-state index in [4.69, 9.17) is 0 Å². The Kier molecular flexibility index (Phi) is 6.97. The summed E-state index contributed by atoms with van der Waals surface area (Å²) in [6.07, 6.45) is 0. The zero-order valence-corrected chi connectivity index (χ0v) is 14.2. The van der Waals surface area contributed by atoms with E-state index >= 15 is 0 Å². The predicted octanol–water partition coefficient (Wildman–Crippen LogP) is 3.97. The van der Waals surface area contributed by atoms with Crippen molar-refractivity contribution >= 4 is 11.8 Å². The number of aryl methyl sites for hydroxylation is 1. The van der Waals surface area contributed by atoms with E-state index in [0.29, 0.717) is 12.6 Å². The summed E-state index contributed by atoms with van der Waals surface area (Å²) >= 11 is 1.88. The highest BCUT2D eigenvalue weighted by atomic mass is 32.2. The average Bonchev–Trinajstić information content (AvgIpc) is 2.54. The van der Waals surface area contributed by atoms with Gasteiger partial charge in [-0.15, -0.1) is 11.8 Å². The summed E-state index contributed by atoms with van der Waals surface area (Å²) in [5.74, 6) is 1.02. The molecule has 2 rings (SSSR count). The zero-order chi connectivity index (χ0) is 15.8. The van der Waals surface area contributed by atoms with Gasteiger partial charge >= 0.3 is 0 Å². The quantitative estimate of drug-likeness (QED) is 0.746. The fourth-order valence-electron chi connectivity index (χ4n) is 2.36. The summed E-state index contributed by atoms with van der Waals surface area (Å²) in [6, 6.07) is 19.5. The highest BCUT2D eigenvalue weighted by molar-refractivity contribution is 7.99. The minimum absolute atomic E-state index is 0.201. The highest BCUT2D eigenvalue weighted by Crippen LogP contribution is 2.21.